The van der Waals surface area contributed by atoms with E-state index in [1.54, 1.807) is 0 Å². The molecule has 0 aliphatic rings. The molecule has 0 aliphatic carbocycles. The summed E-state index contributed by atoms with van der Waals surface area (Å²) in [6.45, 7) is 6.15. The van der Waals surface area contributed by atoms with Crippen LogP contribution in [0.5, 0.6) is 0 Å². The van der Waals surface area contributed by atoms with Gasteiger partial charge in [0.2, 0.25) is 5.91 Å². The Morgan fingerprint density at radius 3 is 1.42 bits per heavy atom. The van der Waals surface area contributed by atoms with E-state index in [0.717, 1.165) is 70.6 Å². The number of hydrogen-bond acceptors (Lipinski definition) is 5. The lowest BCUT2D eigenvalue weighted by Crippen LogP contribution is -2.46. The molecule has 0 spiro atoms. The summed E-state index contributed by atoms with van der Waals surface area (Å²) in [7, 11) is 0. The molecule has 0 aromatic heterocycles. The van der Waals surface area contributed by atoms with Crippen molar-refractivity contribution in [2.45, 2.75) is 225 Å². The molecule has 0 radical (unpaired) electrons. The van der Waals surface area contributed by atoms with E-state index in [1.807, 2.05) is 54.7 Å². The van der Waals surface area contributed by atoms with E-state index in [0.29, 0.717) is 19.3 Å². The van der Waals surface area contributed by atoms with Crippen LogP contribution >= 0.6 is 0 Å². The van der Waals surface area contributed by atoms with Crippen molar-refractivity contribution in [3.8, 4) is 0 Å². The number of allylic oxidation sites excluding steroid dienone is 15. The lowest BCUT2D eigenvalue weighted by Gasteiger charge is -2.24. The number of aliphatic hydroxyl groups is 2. The smallest absolute Gasteiger partial charge is 0.306 e. The van der Waals surface area contributed by atoms with Crippen molar-refractivity contribution in [2.24, 2.45) is 0 Å². The normalized spacial score (nSPS) is 14.2. The Labute approximate surface area is 369 Å². The van der Waals surface area contributed by atoms with E-state index < -0.39 is 18.2 Å². The predicted octanol–water partition coefficient (Wildman–Crippen LogP) is 14.6. The van der Waals surface area contributed by atoms with Crippen LogP contribution in [0, 0.1) is 0 Å². The fourth-order valence-corrected chi connectivity index (χ4v) is 6.92. The molecule has 0 aliphatic heterocycles. The van der Waals surface area contributed by atoms with Crippen molar-refractivity contribution in [3.05, 3.63) is 97.2 Å². The second-order valence-electron chi connectivity index (χ2n) is 16.3. The molecule has 1 amide bonds. The van der Waals surface area contributed by atoms with Gasteiger partial charge < -0.3 is 20.3 Å². The Balaban J connectivity index is 4.64. The van der Waals surface area contributed by atoms with Crippen LogP contribution in [0.3, 0.4) is 0 Å². The van der Waals surface area contributed by atoms with E-state index in [2.05, 4.69) is 68.6 Å². The van der Waals surface area contributed by atoms with Gasteiger partial charge in [-0.05, 0) is 38.5 Å². The summed E-state index contributed by atoms with van der Waals surface area (Å²) in [6, 6.07) is -0.749. The Morgan fingerprint density at radius 2 is 0.933 bits per heavy atom. The third kappa shape index (κ3) is 41.5. The number of aliphatic hydroxyl groups excluding tert-OH is 2. The maximum atomic E-state index is 13.1. The zero-order valence-electron chi connectivity index (χ0n) is 38.8. The zero-order chi connectivity index (χ0) is 43.8. The molecule has 3 atom stereocenters. The first kappa shape index (κ1) is 56.8. The number of nitrogens with one attached hydrogen (secondary N) is 1. The number of hydrogen-bond donors (Lipinski definition) is 3. The summed E-state index contributed by atoms with van der Waals surface area (Å²) >= 11 is 0. The van der Waals surface area contributed by atoms with E-state index in [-0.39, 0.29) is 24.9 Å². The van der Waals surface area contributed by atoms with Crippen LogP contribution in [0.1, 0.15) is 207 Å². The molecular weight excluding hydrogens is 743 g/mol. The summed E-state index contributed by atoms with van der Waals surface area (Å²) in [5, 5.41) is 23.7. The minimum Gasteiger partial charge on any atom is -0.461 e. The van der Waals surface area contributed by atoms with Crippen molar-refractivity contribution in [3.63, 3.8) is 0 Å². The van der Waals surface area contributed by atoms with Gasteiger partial charge in [-0.3, -0.25) is 9.59 Å². The van der Waals surface area contributed by atoms with Gasteiger partial charge in [-0.2, -0.15) is 0 Å². The van der Waals surface area contributed by atoms with Crippen LogP contribution < -0.4 is 5.32 Å². The SMILES string of the molecule is CC/C=C/C=C/C=C\C=C/C=C/CC(CC(=O)NC(CO)C(O)CCCCCCCCCCCCCCCCCCC)OC(=O)CCCCCCC\C=C/C=C/C=C/CC. The first-order valence-electron chi connectivity index (χ1n) is 24.6. The molecular formula is C54H91NO5. The summed E-state index contributed by atoms with van der Waals surface area (Å²) in [5.41, 5.74) is 0. The van der Waals surface area contributed by atoms with Crippen LogP contribution in [-0.2, 0) is 14.3 Å². The highest BCUT2D eigenvalue weighted by atomic mass is 16.5. The maximum absolute atomic E-state index is 13.1. The molecule has 0 heterocycles. The topological polar surface area (TPSA) is 95.9 Å². The fourth-order valence-electron chi connectivity index (χ4n) is 6.92. The van der Waals surface area contributed by atoms with Crippen LogP contribution in [0.2, 0.25) is 0 Å². The van der Waals surface area contributed by atoms with Crippen LogP contribution in [-0.4, -0.2) is 46.9 Å². The van der Waals surface area contributed by atoms with Crippen LogP contribution in [0.4, 0.5) is 0 Å². The van der Waals surface area contributed by atoms with Crippen molar-refractivity contribution in [1.82, 2.24) is 5.32 Å². The van der Waals surface area contributed by atoms with Crippen molar-refractivity contribution in [1.29, 1.82) is 0 Å². The summed E-state index contributed by atoms with van der Waals surface area (Å²) < 4.78 is 5.81. The number of unbranched alkanes of at least 4 members (excludes halogenated alkanes) is 21. The molecule has 0 fully saturated rings. The molecule has 0 saturated carbocycles. The first-order valence-corrected chi connectivity index (χ1v) is 24.6. The van der Waals surface area contributed by atoms with Crippen molar-refractivity contribution in [2.75, 3.05) is 6.61 Å². The highest BCUT2D eigenvalue weighted by molar-refractivity contribution is 5.77. The highest BCUT2D eigenvalue weighted by Gasteiger charge is 2.23. The second kappa shape index (κ2) is 46.8. The van der Waals surface area contributed by atoms with Gasteiger partial charge in [0, 0.05) is 12.8 Å². The van der Waals surface area contributed by atoms with Gasteiger partial charge in [0.05, 0.1) is 25.2 Å². The van der Waals surface area contributed by atoms with Gasteiger partial charge in [0.25, 0.3) is 0 Å². The minimum absolute atomic E-state index is 0.0320. The maximum Gasteiger partial charge on any atom is 0.306 e. The summed E-state index contributed by atoms with van der Waals surface area (Å²) in [6.07, 6.45) is 62.1. The van der Waals surface area contributed by atoms with E-state index in [1.165, 1.54) is 89.9 Å². The highest BCUT2D eigenvalue weighted by Crippen LogP contribution is 2.16. The van der Waals surface area contributed by atoms with Crippen LogP contribution in [0.25, 0.3) is 0 Å². The summed E-state index contributed by atoms with van der Waals surface area (Å²) in [4.78, 5) is 26.0. The Bertz CT molecular complexity index is 1210. The number of carbonyl (C=O) groups is 2. The van der Waals surface area contributed by atoms with Gasteiger partial charge in [-0.1, -0.05) is 246 Å². The molecule has 0 rings (SSSR count). The quantitative estimate of drug-likeness (QED) is 0.0323. The molecule has 60 heavy (non-hydrogen) atoms. The third-order valence-corrected chi connectivity index (χ3v) is 10.6. The molecule has 6 heteroatoms. The monoisotopic (exact) mass is 834 g/mol. The third-order valence-electron chi connectivity index (χ3n) is 10.6. The van der Waals surface area contributed by atoms with E-state index >= 15 is 0 Å². The van der Waals surface area contributed by atoms with Gasteiger partial charge in [0.1, 0.15) is 6.10 Å². The van der Waals surface area contributed by atoms with E-state index in [9.17, 15) is 19.8 Å². The average Bonchev–Trinajstić information content (AvgIpc) is 3.24. The van der Waals surface area contributed by atoms with E-state index in [4.69, 9.17) is 4.74 Å². The molecule has 6 nitrogen and oxygen atoms in total. The molecule has 3 N–H and O–H groups in total. The van der Waals surface area contributed by atoms with Gasteiger partial charge in [0.15, 0.2) is 0 Å². The lowest BCUT2D eigenvalue weighted by atomic mass is 10.0. The van der Waals surface area contributed by atoms with Gasteiger partial charge in [-0.15, -0.1) is 0 Å². The number of esters is 1. The number of amides is 1. The number of carbonyl (C=O) groups excluding carboxylic acids is 2. The number of rotatable bonds is 42. The molecule has 3 unspecified atom stereocenters. The first-order chi connectivity index (χ1) is 29.5. The zero-order valence-corrected chi connectivity index (χ0v) is 38.8. The average molecular weight is 834 g/mol. The standard InChI is InChI=1S/C54H91NO5/c1-4-7-10-13-16-19-22-24-25-26-27-29-31-34-37-40-43-46-52(57)51(49-56)55-53(58)48-50(45-42-39-36-33-30-21-18-15-12-9-6-3)60-54(59)47-44-41-38-35-32-28-23-20-17-14-11-8-5-2/h8-9,11-12,14-15,17-18,20-21,23,30,33,36,39,42,50-52,56-57H,4-7,10,13,16,19,22,24-29,31-32,34-35,37-38,40-41,43-49H2,1-3H3,(H,55,58)/b11-8+,12-9+,17-14+,18-15+,23-20-,30-21-,36-33-,42-39+. The molecule has 0 aromatic carbocycles. The minimum atomic E-state index is -0.826. The fraction of sp³-hybridized carbons (Fsp3) is 0.667. The largest absolute Gasteiger partial charge is 0.461 e. The van der Waals surface area contributed by atoms with Gasteiger partial charge in [-0.25, -0.2) is 0 Å². The predicted molar refractivity (Wildman–Crippen MR) is 259 cm³/mol. The van der Waals surface area contributed by atoms with Crippen molar-refractivity contribution >= 4 is 11.9 Å². The molecule has 342 valence electrons. The number of ether oxygens (including phenoxy) is 1. The molecule has 0 aromatic rings. The molecule has 0 saturated heterocycles. The Morgan fingerprint density at radius 1 is 0.517 bits per heavy atom. The van der Waals surface area contributed by atoms with Gasteiger partial charge >= 0.3 is 5.97 Å². The Kier molecular flexibility index (Phi) is 44.3. The molecule has 0 bridgehead atoms. The lowest BCUT2D eigenvalue weighted by molar-refractivity contribution is -0.150. The summed E-state index contributed by atoms with van der Waals surface area (Å²) in [5.74, 6) is -0.640. The van der Waals surface area contributed by atoms with Crippen LogP contribution in [0.15, 0.2) is 97.2 Å². The Hall–Kier alpha value is -3.22. The second-order valence-corrected chi connectivity index (χ2v) is 16.3. The van der Waals surface area contributed by atoms with Crippen molar-refractivity contribution < 1.29 is 24.5 Å².